The molecule has 1 N–H and O–H groups in total. The molecule has 1 aromatic rings. The lowest BCUT2D eigenvalue weighted by Crippen LogP contribution is -2.49. The largest absolute Gasteiger partial charge is 0.374 e. The molecular formula is C14H23N3O. The molecule has 2 atom stereocenters. The van der Waals surface area contributed by atoms with E-state index >= 15 is 0 Å². The number of hydrogen-bond donors (Lipinski definition) is 1. The molecule has 2 unspecified atom stereocenters. The Balaban J connectivity index is 1.42. The number of morpholine rings is 1. The van der Waals surface area contributed by atoms with Gasteiger partial charge < -0.3 is 14.6 Å². The van der Waals surface area contributed by atoms with Gasteiger partial charge in [-0.1, -0.05) is 0 Å². The Morgan fingerprint density at radius 3 is 3.28 bits per heavy atom. The van der Waals surface area contributed by atoms with Crippen LogP contribution in [0.5, 0.6) is 0 Å². The van der Waals surface area contributed by atoms with Crippen molar-refractivity contribution in [3.63, 3.8) is 0 Å². The zero-order valence-electron chi connectivity index (χ0n) is 11.1. The van der Waals surface area contributed by atoms with Gasteiger partial charge in [0.2, 0.25) is 0 Å². The molecule has 4 nitrogen and oxygen atoms in total. The second kappa shape index (κ2) is 5.43. The lowest BCUT2D eigenvalue weighted by atomic mass is 10.2. The molecule has 18 heavy (non-hydrogen) atoms. The Hall–Kier alpha value is -0.840. The minimum absolute atomic E-state index is 0.361. The monoisotopic (exact) mass is 249 g/mol. The third kappa shape index (κ3) is 2.60. The molecule has 0 saturated carbocycles. The molecular weight excluding hydrogens is 226 g/mol. The van der Waals surface area contributed by atoms with Crippen LogP contribution in [0, 0.1) is 0 Å². The molecule has 2 fully saturated rings. The van der Waals surface area contributed by atoms with Crippen molar-refractivity contribution < 1.29 is 4.74 Å². The summed E-state index contributed by atoms with van der Waals surface area (Å²) in [5.74, 6) is 0. The Kier molecular flexibility index (Phi) is 3.68. The summed E-state index contributed by atoms with van der Waals surface area (Å²) in [4.78, 5) is 2.60. The van der Waals surface area contributed by atoms with Crippen LogP contribution in [0.2, 0.25) is 0 Å². The van der Waals surface area contributed by atoms with Gasteiger partial charge in [0, 0.05) is 44.6 Å². The lowest BCUT2D eigenvalue weighted by molar-refractivity contribution is -0.0470. The molecule has 0 bridgehead atoms. The van der Waals surface area contributed by atoms with Crippen LogP contribution in [0.15, 0.2) is 18.3 Å². The van der Waals surface area contributed by atoms with E-state index in [0.29, 0.717) is 12.1 Å². The van der Waals surface area contributed by atoms with Crippen LogP contribution in [-0.4, -0.2) is 47.9 Å². The summed E-state index contributed by atoms with van der Waals surface area (Å²) in [5, 5.41) is 3.51. The van der Waals surface area contributed by atoms with Crippen LogP contribution < -0.4 is 5.32 Å². The Bertz CT molecular complexity index is 390. The van der Waals surface area contributed by atoms with Gasteiger partial charge in [0.25, 0.3) is 0 Å². The fraction of sp³-hybridized carbons (Fsp3) is 0.714. The molecule has 4 heteroatoms. The van der Waals surface area contributed by atoms with Gasteiger partial charge in [0.05, 0.1) is 12.7 Å². The van der Waals surface area contributed by atoms with E-state index in [1.165, 1.54) is 25.1 Å². The number of hydrogen-bond acceptors (Lipinski definition) is 3. The maximum absolute atomic E-state index is 5.93. The standard InChI is InChI=1S/C14H23N3O/c1-16-6-2-4-12(16)8-15-9-14-10-17-7-3-5-13(17)11-18-14/h2,4,6,13-15H,3,5,7-11H2,1H3. The molecule has 1 aromatic heterocycles. The fourth-order valence-electron chi connectivity index (χ4n) is 3.05. The van der Waals surface area contributed by atoms with Crippen molar-refractivity contribution in [1.82, 2.24) is 14.8 Å². The van der Waals surface area contributed by atoms with Crippen molar-refractivity contribution in [1.29, 1.82) is 0 Å². The minimum atomic E-state index is 0.361. The van der Waals surface area contributed by atoms with E-state index in [1.54, 1.807) is 0 Å². The Labute approximate surface area is 109 Å². The molecule has 100 valence electrons. The SMILES string of the molecule is Cn1cccc1CNCC1CN2CCCC2CO1. The fourth-order valence-corrected chi connectivity index (χ4v) is 3.05. The summed E-state index contributed by atoms with van der Waals surface area (Å²) in [6.07, 6.45) is 5.11. The molecule has 0 amide bonds. The highest BCUT2D eigenvalue weighted by atomic mass is 16.5. The normalized spacial score (nSPS) is 28.5. The number of rotatable bonds is 4. The number of nitrogens with zero attached hydrogens (tertiary/aromatic N) is 2. The van der Waals surface area contributed by atoms with Crippen molar-refractivity contribution in [3.05, 3.63) is 24.0 Å². The van der Waals surface area contributed by atoms with Gasteiger partial charge in [0.1, 0.15) is 0 Å². The summed E-state index contributed by atoms with van der Waals surface area (Å²) in [7, 11) is 2.09. The number of aryl methyl sites for hydroxylation is 1. The van der Waals surface area contributed by atoms with Crippen LogP contribution in [-0.2, 0) is 18.3 Å². The Morgan fingerprint density at radius 1 is 1.50 bits per heavy atom. The van der Waals surface area contributed by atoms with E-state index in [-0.39, 0.29) is 0 Å². The average molecular weight is 249 g/mol. The molecule has 3 rings (SSSR count). The molecule has 0 radical (unpaired) electrons. The predicted molar refractivity (Wildman–Crippen MR) is 71.5 cm³/mol. The highest BCUT2D eigenvalue weighted by molar-refractivity contribution is 5.06. The zero-order valence-corrected chi connectivity index (χ0v) is 11.1. The van der Waals surface area contributed by atoms with Crippen LogP contribution in [0.4, 0.5) is 0 Å². The van der Waals surface area contributed by atoms with Crippen molar-refractivity contribution >= 4 is 0 Å². The van der Waals surface area contributed by atoms with E-state index in [2.05, 4.69) is 40.2 Å². The molecule has 0 aliphatic carbocycles. The summed E-state index contributed by atoms with van der Waals surface area (Å²) < 4.78 is 8.09. The third-order valence-corrected chi connectivity index (χ3v) is 4.19. The van der Waals surface area contributed by atoms with Gasteiger partial charge in [-0.2, -0.15) is 0 Å². The average Bonchev–Trinajstić information content (AvgIpc) is 2.98. The molecule has 0 aromatic carbocycles. The summed E-state index contributed by atoms with van der Waals surface area (Å²) in [6, 6.07) is 4.95. The van der Waals surface area contributed by atoms with Gasteiger partial charge in [-0.05, 0) is 31.5 Å². The molecule has 2 saturated heterocycles. The minimum Gasteiger partial charge on any atom is -0.374 e. The highest BCUT2D eigenvalue weighted by Crippen LogP contribution is 2.22. The molecule has 2 aliphatic heterocycles. The summed E-state index contributed by atoms with van der Waals surface area (Å²) in [6.45, 7) is 5.17. The Morgan fingerprint density at radius 2 is 2.44 bits per heavy atom. The van der Waals surface area contributed by atoms with Gasteiger partial charge in [-0.3, -0.25) is 4.90 Å². The highest BCUT2D eigenvalue weighted by Gasteiger charge is 2.31. The third-order valence-electron chi connectivity index (χ3n) is 4.19. The van der Waals surface area contributed by atoms with Crippen molar-refractivity contribution in [3.8, 4) is 0 Å². The van der Waals surface area contributed by atoms with E-state index in [1.807, 2.05) is 0 Å². The zero-order chi connectivity index (χ0) is 12.4. The maximum Gasteiger partial charge on any atom is 0.0827 e. The number of ether oxygens (including phenoxy) is 1. The van der Waals surface area contributed by atoms with E-state index in [9.17, 15) is 0 Å². The summed E-state index contributed by atoms with van der Waals surface area (Å²) >= 11 is 0. The lowest BCUT2D eigenvalue weighted by Gasteiger charge is -2.35. The molecule has 3 heterocycles. The van der Waals surface area contributed by atoms with Crippen molar-refractivity contribution in [2.75, 3.05) is 26.2 Å². The van der Waals surface area contributed by atoms with E-state index < -0.39 is 0 Å². The first-order chi connectivity index (χ1) is 8.83. The molecule has 0 spiro atoms. The predicted octanol–water partition coefficient (Wildman–Crippen LogP) is 0.978. The first kappa shape index (κ1) is 12.2. The van der Waals surface area contributed by atoms with Crippen LogP contribution in [0.1, 0.15) is 18.5 Å². The van der Waals surface area contributed by atoms with E-state index in [4.69, 9.17) is 4.74 Å². The molecule has 2 aliphatic rings. The van der Waals surface area contributed by atoms with Crippen LogP contribution in [0.3, 0.4) is 0 Å². The van der Waals surface area contributed by atoms with Crippen molar-refractivity contribution in [2.45, 2.75) is 31.5 Å². The van der Waals surface area contributed by atoms with Gasteiger partial charge in [-0.15, -0.1) is 0 Å². The van der Waals surface area contributed by atoms with Crippen LogP contribution >= 0.6 is 0 Å². The maximum atomic E-state index is 5.93. The smallest absolute Gasteiger partial charge is 0.0827 e. The summed E-state index contributed by atoms with van der Waals surface area (Å²) in [5.41, 5.74) is 1.32. The van der Waals surface area contributed by atoms with Crippen molar-refractivity contribution in [2.24, 2.45) is 7.05 Å². The number of nitrogens with one attached hydrogen (secondary N) is 1. The van der Waals surface area contributed by atoms with Gasteiger partial charge in [-0.25, -0.2) is 0 Å². The van der Waals surface area contributed by atoms with Gasteiger partial charge >= 0.3 is 0 Å². The number of fused-ring (bicyclic) bond motifs is 1. The first-order valence-corrected chi connectivity index (χ1v) is 6.99. The van der Waals surface area contributed by atoms with Gasteiger partial charge in [0.15, 0.2) is 0 Å². The number of aromatic nitrogens is 1. The second-order valence-corrected chi connectivity index (χ2v) is 5.49. The first-order valence-electron chi connectivity index (χ1n) is 6.99. The topological polar surface area (TPSA) is 29.4 Å². The second-order valence-electron chi connectivity index (χ2n) is 5.49. The quantitative estimate of drug-likeness (QED) is 0.862. The van der Waals surface area contributed by atoms with E-state index in [0.717, 1.165) is 26.2 Å². The van der Waals surface area contributed by atoms with Crippen LogP contribution in [0.25, 0.3) is 0 Å².